The van der Waals surface area contributed by atoms with E-state index in [2.05, 4.69) is 5.32 Å². The van der Waals surface area contributed by atoms with Crippen molar-refractivity contribution in [3.05, 3.63) is 77.0 Å². The quantitative estimate of drug-likeness (QED) is 0.563. The highest BCUT2D eigenvalue weighted by Gasteiger charge is 2.20. The lowest BCUT2D eigenvalue weighted by Gasteiger charge is -2.10. The number of amides is 1. The topological polar surface area (TPSA) is 94.8 Å². The number of nitrogens with one attached hydrogen (secondary N) is 1. The maximum atomic E-state index is 12.8. The van der Waals surface area contributed by atoms with Crippen LogP contribution in [0.4, 0.5) is 0 Å². The normalized spacial score (nSPS) is 10.8. The van der Waals surface area contributed by atoms with Gasteiger partial charge in [-0.1, -0.05) is 12.1 Å². The first-order valence-corrected chi connectivity index (χ1v) is 8.24. The summed E-state index contributed by atoms with van der Waals surface area (Å²) < 4.78 is 21.8. The van der Waals surface area contributed by atoms with Gasteiger partial charge in [-0.25, -0.2) is 0 Å². The number of ether oxygens (including phenoxy) is 1. The molecular formula is C20H15NO6. The number of benzene rings is 1. The van der Waals surface area contributed by atoms with Gasteiger partial charge >= 0.3 is 0 Å². The summed E-state index contributed by atoms with van der Waals surface area (Å²) in [6, 6.07) is 13.6. The summed E-state index contributed by atoms with van der Waals surface area (Å²) in [6.45, 7) is -0.121. The molecule has 0 aliphatic heterocycles. The van der Waals surface area contributed by atoms with Crippen LogP contribution in [-0.2, 0) is 11.3 Å². The Balaban J connectivity index is 1.60. The van der Waals surface area contributed by atoms with E-state index in [4.69, 9.17) is 18.0 Å². The van der Waals surface area contributed by atoms with Crippen LogP contribution < -0.4 is 15.5 Å². The minimum absolute atomic E-state index is 0.0724. The molecule has 0 atom stereocenters. The summed E-state index contributed by atoms with van der Waals surface area (Å²) in [6.07, 6.45) is 2.98. The molecule has 3 heterocycles. The Morgan fingerprint density at radius 1 is 1.00 bits per heavy atom. The fourth-order valence-corrected chi connectivity index (χ4v) is 2.61. The van der Waals surface area contributed by atoms with Gasteiger partial charge < -0.3 is 23.3 Å². The first-order valence-electron chi connectivity index (χ1n) is 8.24. The highest BCUT2D eigenvalue weighted by Crippen LogP contribution is 2.31. The number of carbonyl (C=O) groups excluding carboxylic acids is 1. The molecular weight excluding hydrogens is 350 g/mol. The zero-order valence-corrected chi connectivity index (χ0v) is 14.1. The van der Waals surface area contributed by atoms with Gasteiger partial charge in [-0.2, -0.15) is 0 Å². The Bertz CT molecular complexity index is 1110. The van der Waals surface area contributed by atoms with E-state index < -0.39 is 5.91 Å². The maximum Gasteiger partial charge on any atom is 0.258 e. The zero-order chi connectivity index (χ0) is 18.6. The van der Waals surface area contributed by atoms with Gasteiger partial charge in [0, 0.05) is 0 Å². The van der Waals surface area contributed by atoms with E-state index in [-0.39, 0.29) is 30.1 Å². The predicted octanol–water partition coefficient (Wildman–Crippen LogP) is 3.34. The molecule has 0 aliphatic rings. The average molecular weight is 365 g/mol. The Morgan fingerprint density at radius 3 is 2.59 bits per heavy atom. The van der Waals surface area contributed by atoms with Gasteiger partial charge in [0.1, 0.15) is 11.3 Å². The molecule has 0 saturated heterocycles. The second-order valence-corrected chi connectivity index (χ2v) is 5.71. The summed E-state index contributed by atoms with van der Waals surface area (Å²) in [4.78, 5) is 24.9. The lowest BCUT2D eigenvalue weighted by atomic mass is 10.2. The van der Waals surface area contributed by atoms with Crippen molar-refractivity contribution in [2.45, 2.75) is 6.54 Å². The summed E-state index contributed by atoms with van der Waals surface area (Å²) in [7, 11) is 0. The third kappa shape index (κ3) is 3.48. The van der Waals surface area contributed by atoms with Crippen molar-refractivity contribution in [1.82, 2.24) is 5.32 Å². The van der Waals surface area contributed by atoms with Crippen LogP contribution in [0.3, 0.4) is 0 Å². The van der Waals surface area contributed by atoms with Gasteiger partial charge in [0.15, 0.2) is 12.4 Å². The minimum atomic E-state index is -0.399. The smallest absolute Gasteiger partial charge is 0.258 e. The highest BCUT2D eigenvalue weighted by molar-refractivity contribution is 5.82. The molecule has 0 fully saturated rings. The third-order valence-electron chi connectivity index (χ3n) is 3.89. The SMILES string of the molecule is O=C(COc1c(-c2ccco2)oc2ccccc2c1=O)NCc1ccco1. The van der Waals surface area contributed by atoms with Crippen LogP contribution in [0.2, 0.25) is 0 Å². The molecule has 0 bridgehead atoms. The van der Waals surface area contributed by atoms with Gasteiger partial charge in [0.2, 0.25) is 16.9 Å². The monoisotopic (exact) mass is 365 g/mol. The number of rotatable bonds is 6. The molecule has 0 unspecified atom stereocenters. The molecule has 4 rings (SSSR count). The van der Waals surface area contributed by atoms with E-state index in [1.54, 1.807) is 48.5 Å². The van der Waals surface area contributed by atoms with E-state index in [1.807, 2.05) is 0 Å². The van der Waals surface area contributed by atoms with E-state index in [1.165, 1.54) is 12.5 Å². The minimum Gasteiger partial charge on any atom is -0.476 e. The van der Waals surface area contributed by atoms with Crippen molar-refractivity contribution < 1.29 is 22.8 Å². The molecule has 0 spiro atoms. The first kappa shape index (κ1) is 16.7. The van der Waals surface area contributed by atoms with Gasteiger partial charge in [-0.05, 0) is 36.4 Å². The Hall–Kier alpha value is -3.74. The number of furan rings is 2. The average Bonchev–Trinajstić information content (AvgIpc) is 3.39. The predicted molar refractivity (Wildman–Crippen MR) is 96.2 cm³/mol. The van der Waals surface area contributed by atoms with Crippen LogP contribution in [0.15, 0.2) is 79.1 Å². The van der Waals surface area contributed by atoms with Crippen LogP contribution in [-0.4, -0.2) is 12.5 Å². The summed E-state index contributed by atoms with van der Waals surface area (Å²) in [5.41, 5.74) is 0.0330. The second kappa shape index (κ2) is 7.25. The molecule has 1 N–H and O–H groups in total. The number of fused-ring (bicyclic) bond motifs is 1. The summed E-state index contributed by atoms with van der Waals surface area (Å²) in [5.74, 6) is 0.623. The molecule has 27 heavy (non-hydrogen) atoms. The van der Waals surface area contributed by atoms with Crippen LogP contribution in [0, 0.1) is 0 Å². The van der Waals surface area contributed by atoms with E-state index >= 15 is 0 Å². The zero-order valence-electron chi connectivity index (χ0n) is 14.1. The van der Waals surface area contributed by atoms with E-state index in [0.29, 0.717) is 22.5 Å². The molecule has 136 valence electrons. The van der Waals surface area contributed by atoms with Crippen LogP contribution >= 0.6 is 0 Å². The summed E-state index contributed by atoms with van der Waals surface area (Å²) >= 11 is 0. The highest BCUT2D eigenvalue weighted by atomic mass is 16.5. The number of hydrogen-bond donors (Lipinski definition) is 1. The Kier molecular flexibility index (Phi) is 4.49. The lowest BCUT2D eigenvalue weighted by Crippen LogP contribution is -2.29. The third-order valence-corrected chi connectivity index (χ3v) is 3.89. The molecule has 4 aromatic rings. The maximum absolute atomic E-state index is 12.8. The number of para-hydroxylation sites is 1. The molecule has 7 nitrogen and oxygen atoms in total. The van der Waals surface area contributed by atoms with Crippen LogP contribution in [0.25, 0.3) is 22.5 Å². The van der Waals surface area contributed by atoms with Gasteiger partial charge in [0.05, 0.1) is 24.5 Å². The molecule has 0 aliphatic carbocycles. The van der Waals surface area contributed by atoms with Crippen molar-refractivity contribution in [3.8, 4) is 17.3 Å². The molecule has 0 saturated carbocycles. The molecule has 0 radical (unpaired) electrons. The van der Waals surface area contributed by atoms with Crippen molar-refractivity contribution in [1.29, 1.82) is 0 Å². The molecule has 1 amide bonds. The Labute approximate surface area is 153 Å². The molecule has 1 aromatic carbocycles. The molecule has 3 aromatic heterocycles. The van der Waals surface area contributed by atoms with Gasteiger partial charge in [-0.3, -0.25) is 9.59 Å². The van der Waals surface area contributed by atoms with Crippen molar-refractivity contribution in [3.63, 3.8) is 0 Å². The summed E-state index contributed by atoms with van der Waals surface area (Å²) in [5, 5.41) is 3.01. The largest absolute Gasteiger partial charge is 0.476 e. The van der Waals surface area contributed by atoms with Crippen molar-refractivity contribution >= 4 is 16.9 Å². The van der Waals surface area contributed by atoms with Crippen molar-refractivity contribution in [2.75, 3.05) is 6.61 Å². The number of hydrogen-bond acceptors (Lipinski definition) is 6. The fourth-order valence-electron chi connectivity index (χ4n) is 2.61. The van der Waals surface area contributed by atoms with Crippen LogP contribution in [0.5, 0.6) is 5.75 Å². The lowest BCUT2D eigenvalue weighted by molar-refractivity contribution is -0.123. The molecule has 7 heteroatoms. The van der Waals surface area contributed by atoms with Gasteiger partial charge in [0.25, 0.3) is 5.91 Å². The van der Waals surface area contributed by atoms with E-state index in [9.17, 15) is 9.59 Å². The number of carbonyl (C=O) groups is 1. The van der Waals surface area contributed by atoms with Crippen molar-refractivity contribution in [2.24, 2.45) is 0 Å². The second-order valence-electron chi connectivity index (χ2n) is 5.71. The van der Waals surface area contributed by atoms with Gasteiger partial charge in [-0.15, -0.1) is 0 Å². The first-order chi connectivity index (χ1) is 13.2. The standard InChI is InChI=1S/C20H15NO6/c22-17(21-11-13-5-3-9-24-13)12-26-20-18(23)14-6-1-2-7-15(14)27-19(20)16-8-4-10-25-16/h1-10H,11-12H2,(H,21,22). The van der Waals surface area contributed by atoms with Crippen LogP contribution in [0.1, 0.15) is 5.76 Å². The Morgan fingerprint density at radius 2 is 1.81 bits per heavy atom. The van der Waals surface area contributed by atoms with E-state index in [0.717, 1.165) is 0 Å². The fraction of sp³-hybridized carbons (Fsp3) is 0.100.